The molecule has 29 heavy (non-hydrogen) atoms. The van der Waals surface area contributed by atoms with Crippen LogP contribution in [0, 0.1) is 0 Å². The molecule has 5 nitrogen and oxygen atoms in total. The van der Waals surface area contributed by atoms with Gasteiger partial charge in [-0.2, -0.15) is 4.72 Å². The SMILES string of the molecule is CCc1ccccc1NC(=O)[C@H](Cc1ccccc1)NS(=O)(=O)c1ccccc1. The fourth-order valence-corrected chi connectivity index (χ4v) is 4.28. The molecule has 0 bridgehead atoms. The highest BCUT2D eigenvalue weighted by Crippen LogP contribution is 2.17. The molecule has 0 aliphatic rings. The zero-order chi connectivity index (χ0) is 20.7. The Morgan fingerprint density at radius 1 is 0.862 bits per heavy atom. The predicted octanol–water partition coefficient (Wildman–Crippen LogP) is 3.78. The van der Waals surface area contributed by atoms with Crippen molar-refractivity contribution in [3.05, 3.63) is 96.1 Å². The molecule has 3 rings (SSSR count). The molecule has 0 aliphatic heterocycles. The summed E-state index contributed by atoms with van der Waals surface area (Å²) in [6.45, 7) is 2.00. The second-order valence-electron chi connectivity index (χ2n) is 6.68. The van der Waals surface area contributed by atoms with Crippen LogP contribution >= 0.6 is 0 Å². The first kappa shape index (κ1) is 20.8. The Hall–Kier alpha value is -2.96. The summed E-state index contributed by atoms with van der Waals surface area (Å²) in [5, 5.41) is 2.89. The third-order valence-corrected chi connectivity index (χ3v) is 6.09. The van der Waals surface area contributed by atoms with E-state index in [4.69, 9.17) is 0 Å². The molecule has 2 N–H and O–H groups in total. The molecule has 6 heteroatoms. The van der Waals surface area contributed by atoms with Crippen molar-refractivity contribution in [3.8, 4) is 0 Å². The number of benzene rings is 3. The Balaban J connectivity index is 1.87. The molecule has 0 spiro atoms. The number of para-hydroxylation sites is 1. The highest BCUT2D eigenvalue weighted by Gasteiger charge is 2.26. The Labute approximate surface area is 171 Å². The first-order chi connectivity index (χ1) is 14.0. The van der Waals surface area contributed by atoms with Gasteiger partial charge < -0.3 is 5.32 Å². The normalized spacial score (nSPS) is 12.3. The number of hydrogen-bond acceptors (Lipinski definition) is 3. The third kappa shape index (κ3) is 5.53. The molecule has 3 aromatic rings. The van der Waals surface area contributed by atoms with E-state index in [1.165, 1.54) is 12.1 Å². The van der Waals surface area contributed by atoms with Crippen LogP contribution in [0.15, 0.2) is 89.8 Å². The maximum atomic E-state index is 13.1. The Morgan fingerprint density at radius 2 is 1.45 bits per heavy atom. The largest absolute Gasteiger partial charge is 0.324 e. The van der Waals surface area contributed by atoms with Gasteiger partial charge in [-0.15, -0.1) is 0 Å². The van der Waals surface area contributed by atoms with Crippen LogP contribution in [0.3, 0.4) is 0 Å². The summed E-state index contributed by atoms with van der Waals surface area (Å²) in [5.41, 5.74) is 2.55. The van der Waals surface area contributed by atoms with Crippen LogP contribution in [0.2, 0.25) is 0 Å². The van der Waals surface area contributed by atoms with E-state index in [9.17, 15) is 13.2 Å². The van der Waals surface area contributed by atoms with E-state index in [1.807, 2.05) is 61.5 Å². The summed E-state index contributed by atoms with van der Waals surface area (Å²) in [6, 6.07) is 24.0. The maximum Gasteiger partial charge on any atom is 0.242 e. The molecular formula is C23H24N2O3S. The van der Waals surface area contributed by atoms with Gasteiger partial charge in [-0.3, -0.25) is 4.79 Å². The van der Waals surface area contributed by atoms with Gasteiger partial charge in [-0.05, 0) is 42.2 Å². The number of sulfonamides is 1. The van der Waals surface area contributed by atoms with Crippen LogP contribution in [0.1, 0.15) is 18.1 Å². The quantitative estimate of drug-likeness (QED) is 0.596. The van der Waals surface area contributed by atoms with Crippen LogP contribution in [0.5, 0.6) is 0 Å². The first-order valence-corrected chi connectivity index (χ1v) is 11.0. The van der Waals surface area contributed by atoms with Crippen molar-refractivity contribution in [2.24, 2.45) is 0 Å². The van der Waals surface area contributed by atoms with Crippen molar-refractivity contribution in [1.29, 1.82) is 0 Å². The van der Waals surface area contributed by atoms with Gasteiger partial charge in [0.2, 0.25) is 15.9 Å². The van der Waals surface area contributed by atoms with Gasteiger partial charge >= 0.3 is 0 Å². The van der Waals surface area contributed by atoms with Gasteiger partial charge in [-0.25, -0.2) is 8.42 Å². The van der Waals surface area contributed by atoms with Gasteiger partial charge in [0.15, 0.2) is 0 Å². The topological polar surface area (TPSA) is 75.3 Å². The van der Waals surface area contributed by atoms with E-state index in [2.05, 4.69) is 10.0 Å². The second kappa shape index (κ2) is 9.49. The summed E-state index contributed by atoms with van der Waals surface area (Å²) in [7, 11) is -3.84. The minimum atomic E-state index is -3.84. The standard InChI is InChI=1S/C23H24N2O3S/c1-2-19-13-9-10-16-21(19)24-23(26)22(17-18-11-5-3-6-12-18)25-29(27,28)20-14-7-4-8-15-20/h3-16,22,25H,2,17H2,1H3,(H,24,26)/t22-/m0/s1. The molecule has 0 saturated heterocycles. The Kier molecular flexibility index (Phi) is 6.80. The minimum absolute atomic E-state index is 0.125. The van der Waals surface area contributed by atoms with Crippen LogP contribution in [0.4, 0.5) is 5.69 Å². The lowest BCUT2D eigenvalue weighted by Gasteiger charge is -2.20. The third-order valence-electron chi connectivity index (χ3n) is 4.61. The zero-order valence-electron chi connectivity index (χ0n) is 16.2. The number of rotatable bonds is 8. The van der Waals surface area contributed by atoms with E-state index in [0.29, 0.717) is 5.69 Å². The van der Waals surface area contributed by atoms with E-state index in [0.717, 1.165) is 17.5 Å². The molecule has 0 aromatic heterocycles. The van der Waals surface area contributed by atoms with Crippen LogP contribution in [-0.4, -0.2) is 20.4 Å². The zero-order valence-corrected chi connectivity index (χ0v) is 17.0. The highest BCUT2D eigenvalue weighted by atomic mass is 32.2. The van der Waals surface area contributed by atoms with Gasteiger partial charge in [0.05, 0.1) is 4.90 Å². The fraction of sp³-hybridized carbons (Fsp3) is 0.174. The van der Waals surface area contributed by atoms with Gasteiger partial charge in [0.25, 0.3) is 0 Å². The predicted molar refractivity (Wildman–Crippen MR) is 115 cm³/mol. The Morgan fingerprint density at radius 3 is 2.10 bits per heavy atom. The van der Waals surface area contributed by atoms with E-state index in [-0.39, 0.29) is 11.3 Å². The number of carbonyl (C=O) groups is 1. The van der Waals surface area contributed by atoms with E-state index in [1.54, 1.807) is 18.2 Å². The molecule has 0 radical (unpaired) electrons. The lowest BCUT2D eigenvalue weighted by atomic mass is 10.1. The summed E-state index contributed by atoms with van der Waals surface area (Å²) in [6.07, 6.45) is 1.00. The van der Waals surface area contributed by atoms with E-state index < -0.39 is 22.0 Å². The van der Waals surface area contributed by atoms with Crippen LogP contribution < -0.4 is 10.0 Å². The monoisotopic (exact) mass is 408 g/mol. The summed E-state index contributed by atoms with van der Waals surface area (Å²) in [5.74, 6) is -0.394. The summed E-state index contributed by atoms with van der Waals surface area (Å²) < 4.78 is 28.2. The average Bonchev–Trinajstić information content (AvgIpc) is 2.75. The van der Waals surface area contributed by atoms with Gasteiger partial charge in [-0.1, -0.05) is 73.7 Å². The molecule has 3 aromatic carbocycles. The lowest BCUT2D eigenvalue weighted by molar-refractivity contribution is -0.117. The van der Waals surface area contributed by atoms with Crippen molar-refractivity contribution in [2.45, 2.75) is 30.7 Å². The molecule has 0 aliphatic carbocycles. The van der Waals surface area contributed by atoms with Crippen molar-refractivity contribution < 1.29 is 13.2 Å². The average molecular weight is 409 g/mol. The molecular weight excluding hydrogens is 384 g/mol. The molecule has 0 heterocycles. The summed E-state index contributed by atoms with van der Waals surface area (Å²) in [4.78, 5) is 13.2. The van der Waals surface area contributed by atoms with Gasteiger partial charge in [0.1, 0.15) is 6.04 Å². The molecule has 0 saturated carbocycles. The lowest BCUT2D eigenvalue weighted by Crippen LogP contribution is -2.45. The minimum Gasteiger partial charge on any atom is -0.324 e. The number of carbonyl (C=O) groups excluding carboxylic acids is 1. The van der Waals surface area contributed by atoms with Crippen molar-refractivity contribution in [3.63, 3.8) is 0 Å². The summed E-state index contributed by atoms with van der Waals surface area (Å²) >= 11 is 0. The van der Waals surface area contributed by atoms with Crippen LogP contribution in [-0.2, 0) is 27.7 Å². The first-order valence-electron chi connectivity index (χ1n) is 9.49. The molecule has 150 valence electrons. The van der Waals surface area contributed by atoms with E-state index >= 15 is 0 Å². The smallest absolute Gasteiger partial charge is 0.242 e. The number of amides is 1. The number of aryl methyl sites for hydroxylation is 1. The fourth-order valence-electron chi connectivity index (χ4n) is 3.06. The molecule has 0 unspecified atom stereocenters. The second-order valence-corrected chi connectivity index (χ2v) is 8.39. The molecule has 0 fully saturated rings. The van der Waals surface area contributed by atoms with Crippen molar-refractivity contribution in [1.82, 2.24) is 4.72 Å². The van der Waals surface area contributed by atoms with Crippen LogP contribution in [0.25, 0.3) is 0 Å². The van der Waals surface area contributed by atoms with Crippen molar-refractivity contribution >= 4 is 21.6 Å². The maximum absolute atomic E-state index is 13.1. The molecule has 1 atom stereocenters. The molecule has 1 amide bonds. The number of hydrogen-bond donors (Lipinski definition) is 2. The highest BCUT2D eigenvalue weighted by molar-refractivity contribution is 7.89. The van der Waals surface area contributed by atoms with Crippen molar-refractivity contribution in [2.75, 3.05) is 5.32 Å². The van der Waals surface area contributed by atoms with Gasteiger partial charge in [0, 0.05) is 5.69 Å². The Bertz CT molecular complexity index is 1050. The number of anilines is 1. The number of nitrogens with one attached hydrogen (secondary N) is 2.